The Morgan fingerprint density at radius 3 is 2.70 bits per heavy atom. The van der Waals surface area contributed by atoms with Gasteiger partial charge in [0.1, 0.15) is 5.75 Å². The van der Waals surface area contributed by atoms with Crippen LogP contribution in [0.3, 0.4) is 0 Å². The monoisotopic (exact) mass is 350 g/mol. The quantitative estimate of drug-likeness (QED) is 0.470. The molecule has 0 spiro atoms. The van der Waals surface area contributed by atoms with Crippen LogP contribution in [0.2, 0.25) is 0 Å². The van der Waals surface area contributed by atoms with E-state index < -0.39 is 11.3 Å². The van der Waals surface area contributed by atoms with E-state index in [9.17, 15) is 13.6 Å². The number of anilines is 1. The lowest BCUT2D eigenvalue weighted by molar-refractivity contribution is 0.101. The number of ether oxygens (including phenoxy) is 1. The SMILES string of the molecule is COc1ccccc1SCc1cc(C(C)=O)ccc1NS(=O)[O-]. The first-order valence-corrected chi connectivity index (χ1v) is 8.83. The molecule has 122 valence electrons. The van der Waals surface area contributed by atoms with Gasteiger partial charge in [0.15, 0.2) is 5.78 Å². The van der Waals surface area contributed by atoms with Crippen molar-refractivity contribution in [3.05, 3.63) is 53.6 Å². The standard InChI is InChI=1S/C16H17NO4S2/c1-11(18)12-7-8-14(17-23(19)20)13(9-12)10-22-16-6-4-3-5-15(16)21-2/h3-9,17H,10H2,1-2H3,(H,19,20)/p-1. The van der Waals surface area contributed by atoms with Crippen molar-refractivity contribution in [2.75, 3.05) is 11.8 Å². The summed E-state index contributed by atoms with van der Waals surface area (Å²) in [6.45, 7) is 1.48. The van der Waals surface area contributed by atoms with Crippen molar-refractivity contribution in [1.82, 2.24) is 0 Å². The van der Waals surface area contributed by atoms with Gasteiger partial charge in [-0.3, -0.25) is 9.00 Å². The fraction of sp³-hybridized carbons (Fsp3) is 0.188. The van der Waals surface area contributed by atoms with Crippen LogP contribution in [-0.2, 0) is 17.0 Å². The molecule has 2 aromatic carbocycles. The maximum Gasteiger partial charge on any atom is 0.159 e. The van der Waals surface area contributed by atoms with E-state index in [0.29, 0.717) is 17.0 Å². The van der Waals surface area contributed by atoms with E-state index in [4.69, 9.17) is 4.74 Å². The molecule has 0 saturated carbocycles. The highest BCUT2D eigenvalue weighted by Gasteiger charge is 2.09. The van der Waals surface area contributed by atoms with Crippen molar-refractivity contribution in [2.45, 2.75) is 17.6 Å². The fourth-order valence-corrected chi connectivity index (χ4v) is 3.41. The first kappa shape index (κ1) is 17.5. The third kappa shape index (κ3) is 4.82. The third-order valence-corrected chi connectivity index (χ3v) is 4.65. The van der Waals surface area contributed by atoms with Gasteiger partial charge in [0.2, 0.25) is 0 Å². The van der Waals surface area contributed by atoms with E-state index in [-0.39, 0.29) is 5.78 Å². The molecule has 1 unspecified atom stereocenters. The molecule has 0 aliphatic heterocycles. The van der Waals surface area contributed by atoms with Crippen LogP contribution in [0, 0.1) is 0 Å². The topological polar surface area (TPSA) is 78.5 Å². The Hall–Kier alpha value is -1.83. The molecule has 2 rings (SSSR count). The molecule has 2 aromatic rings. The van der Waals surface area contributed by atoms with Crippen molar-refractivity contribution < 1.29 is 18.3 Å². The van der Waals surface area contributed by atoms with Crippen LogP contribution in [0.1, 0.15) is 22.8 Å². The van der Waals surface area contributed by atoms with E-state index in [1.165, 1.54) is 18.7 Å². The van der Waals surface area contributed by atoms with Gasteiger partial charge in [0.25, 0.3) is 0 Å². The molecule has 0 radical (unpaired) electrons. The van der Waals surface area contributed by atoms with Crippen molar-refractivity contribution >= 4 is 34.5 Å². The van der Waals surface area contributed by atoms with E-state index in [1.54, 1.807) is 25.3 Å². The molecular formula is C16H16NO4S2-. The smallest absolute Gasteiger partial charge is 0.159 e. The van der Waals surface area contributed by atoms with Gasteiger partial charge in [-0.25, -0.2) is 0 Å². The Morgan fingerprint density at radius 2 is 2.04 bits per heavy atom. The molecule has 5 nitrogen and oxygen atoms in total. The number of carbonyl (C=O) groups excluding carboxylic acids is 1. The Morgan fingerprint density at radius 1 is 1.30 bits per heavy atom. The molecule has 0 heterocycles. The summed E-state index contributed by atoms with van der Waals surface area (Å²) >= 11 is -0.908. The Balaban J connectivity index is 2.27. The largest absolute Gasteiger partial charge is 0.755 e. The van der Waals surface area contributed by atoms with Gasteiger partial charge < -0.3 is 14.0 Å². The molecule has 0 aliphatic rings. The zero-order chi connectivity index (χ0) is 16.8. The average molecular weight is 350 g/mol. The lowest BCUT2D eigenvalue weighted by Crippen LogP contribution is -2.06. The van der Waals surface area contributed by atoms with Crippen molar-refractivity contribution in [2.24, 2.45) is 0 Å². The molecule has 0 amide bonds. The number of nitrogens with one attached hydrogen (secondary N) is 1. The number of ketones is 1. The summed E-state index contributed by atoms with van der Waals surface area (Å²) in [4.78, 5) is 12.5. The van der Waals surface area contributed by atoms with Gasteiger partial charge in [-0.1, -0.05) is 12.1 Å². The Bertz CT molecular complexity index is 734. The second-order valence-corrected chi connectivity index (χ2v) is 6.40. The molecule has 7 heteroatoms. The first-order chi connectivity index (χ1) is 11.0. The molecule has 0 bridgehead atoms. The fourth-order valence-electron chi connectivity index (χ4n) is 2.02. The molecule has 0 fully saturated rings. The highest BCUT2D eigenvalue weighted by molar-refractivity contribution is 7.98. The van der Waals surface area contributed by atoms with Crippen LogP contribution in [0.5, 0.6) is 5.75 Å². The minimum Gasteiger partial charge on any atom is -0.755 e. The highest BCUT2D eigenvalue weighted by atomic mass is 32.2. The number of hydrogen-bond donors (Lipinski definition) is 1. The van der Waals surface area contributed by atoms with E-state index >= 15 is 0 Å². The number of benzene rings is 2. The second-order valence-electron chi connectivity index (χ2n) is 4.70. The van der Waals surface area contributed by atoms with E-state index in [0.717, 1.165) is 16.2 Å². The summed E-state index contributed by atoms with van der Waals surface area (Å²) in [5.74, 6) is 1.19. The zero-order valence-corrected chi connectivity index (χ0v) is 14.3. The van der Waals surface area contributed by atoms with Gasteiger partial charge in [-0.2, -0.15) is 0 Å². The summed E-state index contributed by atoms with van der Waals surface area (Å²) < 4.78 is 29.5. The Kier molecular flexibility index (Phi) is 6.20. The predicted molar refractivity (Wildman–Crippen MR) is 91.5 cm³/mol. The number of carbonyl (C=O) groups is 1. The van der Waals surface area contributed by atoms with Gasteiger partial charge in [0.05, 0.1) is 7.11 Å². The zero-order valence-electron chi connectivity index (χ0n) is 12.7. The van der Waals surface area contributed by atoms with Crippen molar-refractivity contribution in [1.29, 1.82) is 0 Å². The second kappa shape index (κ2) is 8.14. The first-order valence-electron chi connectivity index (χ1n) is 6.77. The van der Waals surface area contributed by atoms with Crippen LogP contribution in [-0.4, -0.2) is 21.7 Å². The Labute approximate surface area is 141 Å². The minimum absolute atomic E-state index is 0.0664. The summed E-state index contributed by atoms with van der Waals surface area (Å²) in [5, 5.41) is 0. The van der Waals surface area contributed by atoms with Gasteiger partial charge in [-0.05, 0) is 42.8 Å². The van der Waals surface area contributed by atoms with Crippen molar-refractivity contribution in [3.63, 3.8) is 0 Å². The number of hydrogen-bond acceptors (Lipinski definition) is 5. The van der Waals surface area contributed by atoms with Crippen LogP contribution >= 0.6 is 11.8 Å². The molecule has 0 aromatic heterocycles. The number of methoxy groups -OCH3 is 1. The van der Waals surface area contributed by atoms with Gasteiger partial charge >= 0.3 is 0 Å². The number of Topliss-reactive ketones (excluding diaryl/α,β-unsaturated/α-hetero) is 1. The average Bonchev–Trinajstić information content (AvgIpc) is 2.53. The summed E-state index contributed by atoms with van der Waals surface area (Å²) in [7, 11) is 1.60. The lowest BCUT2D eigenvalue weighted by atomic mass is 10.1. The van der Waals surface area contributed by atoms with Gasteiger partial charge in [-0.15, -0.1) is 11.8 Å². The summed E-state index contributed by atoms with van der Waals surface area (Å²) in [6.07, 6.45) is 0. The number of thioether (sulfide) groups is 1. The molecule has 1 atom stereocenters. The number of para-hydroxylation sites is 1. The predicted octanol–water partition coefficient (Wildman–Crippen LogP) is 3.40. The maximum atomic E-state index is 11.5. The highest BCUT2D eigenvalue weighted by Crippen LogP contribution is 2.33. The van der Waals surface area contributed by atoms with Gasteiger partial charge in [0, 0.05) is 33.2 Å². The van der Waals surface area contributed by atoms with Crippen molar-refractivity contribution in [3.8, 4) is 5.75 Å². The molecule has 0 aliphatic carbocycles. The molecule has 0 saturated heterocycles. The number of rotatable bonds is 7. The molecule has 1 N–H and O–H groups in total. The molecule has 23 heavy (non-hydrogen) atoms. The van der Waals surface area contributed by atoms with Crippen LogP contribution < -0.4 is 9.46 Å². The summed E-state index contributed by atoms with van der Waals surface area (Å²) in [5.41, 5.74) is 1.74. The third-order valence-electron chi connectivity index (χ3n) is 3.16. The minimum atomic E-state index is -2.42. The van der Waals surface area contributed by atoms with Crippen LogP contribution in [0.4, 0.5) is 5.69 Å². The molecular weight excluding hydrogens is 334 g/mol. The van der Waals surface area contributed by atoms with Crippen LogP contribution in [0.15, 0.2) is 47.4 Å². The normalized spacial score (nSPS) is 11.8. The lowest BCUT2D eigenvalue weighted by Gasteiger charge is -2.15. The van der Waals surface area contributed by atoms with E-state index in [1.807, 2.05) is 24.3 Å². The maximum absolute atomic E-state index is 11.5. The summed E-state index contributed by atoms with van der Waals surface area (Å²) in [6, 6.07) is 12.5. The van der Waals surface area contributed by atoms with Crippen LogP contribution in [0.25, 0.3) is 0 Å². The van der Waals surface area contributed by atoms with E-state index in [2.05, 4.69) is 4.72 Å².